The summed E-state index contributed by atoms with van der Waals surface area (Å²) in [6.07, 6.45) is 1.94. The zero-order chi connectivity index (χ0) is 12.3. The molecule has 0 unspecified atom stereocenters. The molecular formula is C12H13N3S2. The summed E-state index contributed by atoms with van der Waals surface area (Å²) in [5.74, 6) is 0.513. The molecule has 0 saturated heterocycles. The first-order valence-electron chi connectivity index (χ1n) is 5.10. The highest BCUT2D eigenvalue weighted by atomic mass is 32.2. The molecule has 2 aromatic rings. The highest BCUT2D eigenvalue weighted by molar-refractivity contribution is 7.99. The zero-order valence-corrected chi connectivity index (χ0v) is 11.3. The number of hydrogen-bond acceptors (Lipinski definition) is 5. The monoisotopic (exact) mass is 263 g/mol. The van der Waals surface area contributed by atoms with E-state index in [-0.39, 0.29) is 0 Å². The van der Waals surface area contributed by atoms with Crippen LogP contribution in [0.4, 0.5) is 5.82 Å². The maximum atomic E-state index is 5.73. The van der Waals surface area contributed by atoms with E-state index in [2.05, 4.69) is 41.2 Å². The van der Waals surface area contributed by atoms with Crippen LogP contribution in [0, 0.1) is 6.92 Å². The van der Waals surface area contributed by atoms with Gasteiger partial charge in [-0.25, -0.2) is 9.97 Å². The van der Waals surface area contributed by atoms with Crippen molar-refractivity contribution in [1.82, 2.24) is 9.97 Å². The molecule has 1 heterocycles. The van der Waals surface area contributed by atoms with Gasteiger partial charge in [-0.15, -0.1) is 0 Å². The van der Waals surface area contributed by atoms with Gasteiger partial charge in [0.2, 0.25) is 0 Å². The Morgan fingerprint density at radius 1 is 1.12 bits per heavy atom. The van der Waals surface area contributed by atoms with Gasteiger partial charge in [-0.2, -0.15) is 0 Å². The van der Waals surface area contributed by atoms with Gasteiger partial charge in [0.05, 0.1) is 0 Å². The normalized spacial score (nSPS) is 10.5. The number of benzene rings is 1. The number of thioether (sulfide) groups is 1. The molecule has 1 aromatic carbocycles. The summed E-state index contributed by atoms with van der Waals surface area (Å²) in [4.78, 5) is 9.68. The van der Waals surface area contributed by atoms with E-state index in [1.165, 1.54) is 17.3 Å². The molecule has 2 N–H and O–H groups in total. The molecule has 0 amide bonds. The number of aromatic nitrogens is 2. The molecule has 0 radical (unpaired) electrons. The van der Waals surface area contributed by atoms with Crippen molar-refractivity contribution in [3.8, 4) is 0 Å². The second-order valence-electron chi connectivity index (χ2n) is 3.53. The van der Waals surface area contributed by atoms with Crippen LogP contribution in [0.15, 0.2) is 45.4 Å². The third kappa shape index (κ3) is 3.38. The van der Waals surface area contributed by atoms with Crippen molar-refractivity contribution in [2.45, 2.75) is 22.0 Å². The van der Waals surface area contributed by atoms with Gasteiger partial charge >= 0.3 is 0 Å². The molecule has 3 nitrogen and oxygen atoms in total. The zero-order valence-electron chi connectivity index (χ0n) is 9.68. The third-order valence-electron chi connectivity index (χ3n) is 2.13. The van der Waals surface area contributed by atoms with E-state index in [0.29, 0.717) is 11.0 Å². The van der Waals surface area contributed by atoms with Crippen molar-refractivity contribution in [3.63, 3.8) is 0 Å². The fourth-order valence-electron chi connectivity index (χ4n) is 1.29. The summed E-state index contributed by atoms with van der Waals surface area (Å²) in [5.41, 5.74) is 6.99. The standard InChI is InChI=1S/C12H13N3S2/c1-8-3-5-9(6-4-8)17-11-7-10(13)14-12(15-11)16-2/h3-7H,1-2H3,(H2,13,14,15). The van der Waals surface area contributed by atoms with E-state index in [9.17, 15) is 0 Å². The lowest BCUT2D eigenvalue weighted by Gasteiger charge is -2.04. The second kappa shape index (κ2) is 5.42. The first-order valence-corrected chi connectivity index (χ1v) is 7.14. The van der Waals surface area contributed by atoms with Gasteiger partial charge in [0.1, 0.15) is 10.8 Å². The van der Waals surface area contributed by atoms with Gasteiger partial charge in [-0.1, -0.05) is 41.2 Å². The molecule has 0 aliphatic rings. The number of rotatable bonds is 3. The number of nitrogens with zero attached hydrogens (tertiary/aromatic N) is 2. The lowest BCUT2D eigenvalue weighted by Crippen LogP contribution is -1.95. The molecule has 88 valence electrons. The van der Waals surface area contributed by atoms with Crippen molar-refractivity contribution >= 4 is 29.3 Å². The molecular weight excluding hydrogens is 250 g/mol. The average Bonchev–Trinajstić information content (AvgIpc) is 2.31. The number of aryl methyl sites for hydroxylation is 1. The average molecular weight is 263 g/mol. The van der Waals surface area contributed by atoms with Crippen molar-refractivity contribution in [1.29, 1.82) is 0 Å². The second-order valence-corrected chi connectivity index (χ2v) is 5.40. The molecule has 0 saturated carbocycles. The largest absolute Gasteiger partial charge is 0.384 e. The van der Waals surface area contributed by atoms with Crippen molar-refractivity contribution in [3.05, 3.63) is 35.9 Å². The van der Waals surface area contributed by atoms with Gasteiger partial charge in [0.25, 0.3) is 0 Å². The topological polar surface area (TPSA) is 51.8 Å². The Morgan fingerprint density at radius 2 is 1.82 bits per heavy atom. The fourth-order valence-corrected chi connectivity index (χ4v) is 2.56. The molecule has 0 atom stereocenters. The third-order valence-corrected chi connectivity index (χ3v) is 3.60. The summed E-state index contributed by atoms with van der Waals surface area (Å²) >= 11 is 3.09. The molecule has 0 aliphatic carbocycles. The van der Waals surface area contributed by atoms with Gasteiger partial charge in [-0.3, -0.25) is 0 Å². The maximum absolute atomic E-state index is 5.73. The first-order chi connectivity index (χ1) is 8.17. The minimum absolute atomic E-state index is 0.513. The van der Waals surface area contributed by atoms with Crippen LogP contribution in [-0.4, -0.2) is 16.2 Å². The number of anilines is 1. The van der Waals surface area contributed by atoms with E-state index >= 15 is 0 Å². The van der Waals surface area contributed by atoms with E-state index < -0.39 is 0 Å². The molecule has 0 fully saturated rings. The Balaban J connectivity index is 2.23. The minimum atomic E-state index is 0.513. The van der Waals surface area contributed by atoms with Crippen molar-refractivity contribution in [2.75, 3.05) is 12.0 Å². The summed E-state index contributed by atoms with van der Waals surface area (Å²) in [5, 5.41) is 1.59. The van der Waals surface area contributed by atoms with Crippen molar-refractivity contribution in [2.24, 2.45) is 0 Å². The lowest BCUT2D eigenvalue weighted by molar-refractivity contribution is 0.902. The molecule has 1 aromatic heterocycles. The molecule has 0 bridgehead atoms. The predicted octanol–water partition coefficient (Wildman–Crippen LogP) is 3.24. The van der Waals surface area contributed by atoms with Crippen LogP contribution in [0.1, 0.15) is 5.56 Å². The lowest BCUT2D eigenvalue weighted by atomic mass is 10.2. The van der Waals surface area contributed by atoms with E-state index in [1.807, 2.05) is 6.26 Å². The van der Waals surface area contributed by atoms with Gasteiger partial charge in [0.15, 0.2) is 5.16 Å². The number of nitrogens with two attached hydrogens (primary N) is 1. The van der Waals surface area contributed by atoms with Crippen molar-refractivity contribution < 1.29 is 0 Å². The maximum Gasteiger partial charge on any atom is 0.190 e. The first kappa shape index (κ1) is 12.3. The Labute approximate surface area is 109 Å². The SMILES string of the molecule is CSc1nc(N)cc(Sc2ccc(C)cc2)n1. The summed E-state index contributed by atoms with van der Waals surface area (Å²) in [6, 6.07) is 10.1. The van der Waals surface area contributed by atoms with Crippen LogP contribution < -0.4 is 5.73 Å². The van der Waals surface area contributed by atoms with Gasteiger partial charge < -0.3 is 5.73 Å². The summed E-state index contributed by atoms with van der Waals surface area (Å²) < 4.78 is 0. The summed E-state index contributed by atoms with van der Waals surface area (Å²) in [7, 11) is 0. The smallest absolute Gasteiger partial charge is 0.190 e. The van der Waals surface area contributed by atoms with Crippen LogP contribution in [0.5, 0.6) is 0 Å². The Kier molecular flexibility index (Phi) is 3.91. The Bertz CT molecular complexity index is 512. The fraction of sp³-hybridized carbons (Fsp3) is 0.167. The highest BCUT2D eigenvalue weighted by Crippen LogP contribution is 2.28. The summed E-state index contributed by atoms with van der Waals surface area (Å²) in [6.45, 7) is 2.07. The van der Waals surface area contributed by atoms with Crippen LogP contribution in [-0.2, 0) is 0 Å². The van der Waals surface area contributed by atoms with Gasteiger partial charge in [-0.05, 0) is 25.3 Å². The molecule has 0 aliphatic heterocycles. The molecule has 5 heteroatoms. The highest BCUT2D eigenvalue weighted by Gasteiger charge is 2.03. The Hall–Kier alpha value is -1.20. The van der Waals surface area contributed by atoms with Crippen LogP contribution in [0.2, 0.25) is 0 Å². The number of hydrogen-bond donors (Lipinski definition) is 1. The predicted molar refractivity (Wildman–Crippen MR) is 73.5 cm³/mol. The van der Waals surface area contributed by atoms with E-state index in [1.54, 1.807) is 17.8 Å². The van der Waals surface area contributed by atoms with E-state index in [4.69, 9.17) is 5.73 Å². The molecule has 2 rings (SSSR count). The Morgan fingerprint density at radius 3 is 2.47 bits per heavy atom. The molecule has 17 heavy (non-hydrogen) atoms. The number of nitrogen functional groups attached to an aromatic ring is 1. The minimum Gasteiger partial charge on any atom is -0.384 e. The van der Waals surface area contributed by atoms with E-state index in [0.717, 1.165) is 9.92 Å². The van der Waals surface area contributed by atoms with Crippen LogP contribution in [0.25, 0.3) is 0 Å². The van der Waals surface area contributed by atoms with Crippen LogP contribution >= 0.6 is 23.5 Å². The van der Waals surface area contributed by atoms with Gasteiger partial charge in [0, 0.05) is 11.0 Å². The quantitative estimate of drug-likeness (QED) is 0.523. The van der Waals surface area contributed by atoms with Crippen LogP contribution in [0.3, 0.4) is 0 Å². The molecule has 0 spiro atoms.